The van der Waals surface area contributed by atoms with E-state index in [-0.39, 0.29) is 0 Å². The monoisotopic (exact) mass is 359 g/mol. The van der Waals surface area contributed by atoms with Crippen molar-refractivity contribution in [2.75, 3.05) is 12.6 Å². The molecule has 4 aromatic rings. The van der Waals surface area contributed by atoms with Crippen molar-refractivity contribution < 1.29 is 9.63 Å². The minimum absolute atomic E-state index is 0.419. The van der Waals surface area contributed by atoms with Crippen LogP contribution in [0.1, 0.15) is 22.5 Å². The van der Waals surface area contributed by atoms with Gasteiger partial charge in [-0.2, -0.15) is 0 Å². The van der Waals surface area contributed by atoms with Crippen LogP contribution in [0.2, 0.25) is 0 Å². The third-order valence-corrected chi connectivity index (χ3v) is 4.78. The molecule has 0 aliphatic heterocycles. The van der Waals surface area contributed by atoms with Crippen molar-refractivity contribution >= 4 is 33.9 Å². The number of nitrogens with one attached hydrogen (secondary N) is 1. The molecule has 2 aromatic carbocycles. The normalized spacial score (nSPS) is 11.1. The topological polar surface area (TPSA) is 56.1 Å². The van der Waals surface area contributed by atoms with Crippen molar-refractivity contribution in [2.45, 2.75) is 19.4 Å². The highest BCUT2D eigenvalue weighted by Crippen LogP contribution is 2.32. The van der Waals surface area contributed by atoms with Gasteiger partial charge >= 0.3 is 0 Å². The quantitative estimate of drug-likeness (QED) is 0.387. The van der Waals surface area contributed by atoms with Gasteiger partial charge in [0.05, 0.1) is 12.6 Å². The van der Waals surface area contributed by atoms with E-state index in [9.17, 15) is 4.79 Å². The fraction of sp³-hybridized carbons (Fsp3) is 0.182. The van der Waals surface area contributed by atoms with Gasteiger partial charge < -0.3 is 4.57 Å². The minimum Gasteiger partial charge on any atom is -0.339 e. The van der Waals surface area contributed by atoms with Crippen LogP contribution in [0.4, 0.5) is 5.82 Å². The Bertz CT molecular complexity index is 1090. The molecule has 0 bridgehead atoms. The Hall–Kier alpha value is -3.18. The second kappa shape index (κ2) is 7.60. The van der Waals surface area contributed by atoms with Crippen molar-refractivity contribution in [3.05, 3.63) is 71.9 Å². The third kappa shape index (κ3) is 3.29. The van der Waals surface area contributed by atoms with Crippen molar-refractivity contribution in [3.8, 4) is 0 Å². The Morgan fingerprint density at radius 1 is 1.07 bits per heavy atom. The van der Waals surface area contributed by atoms with E-state index in [1.807, 2.05) is 24.3 Å². The predicted octanol–water partition coefficient (Wildman–Crippen LogP) is 4.61. The van der Waals surface area contributed by atoms with Gasteiger partial charge in [-0.1, -0.05) is 48.5 Å². The standard InChI is InChI=1S/C22H21N3O2/c1-27-24-21-14-18-17-11-5-6-12-20(17)25(22(18)19(15-26)23-21)13-7-10-16-8-3-2-4-9-16/h2-6,8-9,11-12,14-15H,7,10,13H2,1H3,(H,23,24). The largest absolute Gasteiger partial charge is 0.339 e. The zero-order chi connectivity index (χ0) is 18.6. The highest BCUT2D eigenvalue weighted by molar-refractivity contribution is 6.12. The Morgan fingerprint density at radius 2 is 1.85 bits per heavy atom. The first kappa shape index (κ1) is 17.2. The first-order valence-electron chi connectivity index (χ1n) is 9.02. The van der Waals surface area contributed by atoms with E-state index >= 15 is 0 Å². The Kier molecular flexibility index (Phi) is 4.85. The molecule has 27 heavy (non-hydrogen) atoms. The molecule has 0 aliphatic carbocycles. The number of hydrogen-bond donors (Lipinski definition) is 1. The first-order chi connectivity index (χ1) is 13.3. The number of nitrogens with zero attached hydrogens (tertiary/aromatic N) is 2. The molecule has 0 atom stereocenters. The predicted molar refractivity (Wildman–Crippen MR) is 108 cm³/mol. The lowest BCUT2D eigenvalue weighted by atomic mass is 10.1. The molecule has 136 valence electrons. The number of fused-ring (bicyclic) bond motifs is 3. The summed E-state index contributed by atoms with van der Waals surface area (Å²) in [4.78, 5) is 21.1. The number of carbonyl (C=O) groups is 1. The highest BCUT2D eigenvalue weighted by Gasteiger charge is 2.16. The molecule has 5 nitrogen and oxygen atoms in total. The van der Waals surface area contributed by atoms with Crippen LogP contribution >= 0.6 is 0 Å². The molecule has 2 heterocycles. The number of rotatable bonds is 7. The molecular formula is C22H21N3O2. The summed E-state index contributed by atoms with van der Waals surface area (Å²) in [5.41, 5.74) is 6.46. The first-order valence-corrected chi connectivity index (χ1v) is 9.02. The highest BCUT2D eigenvalue weighted by atomic mass is 16.6. The number of aromatic nitrogens is 2. The molecule has 0 saturated carbocycles. The summed E-state index contributed by atoms with van der Waals surface area (Å²) >= 11 is 0. The molecule has 4 rings (SSSR count). The summed E-state index contributed by atoms with van der Waals surface area (Å²) in [5.74, 6) is 0.527. The van der Waals surface area contributed by atoms with E-state index in [1.165, 1.54) is 12.7 Å². The molecule has 0 saturated heterocycles. The maximum atomic E-state index is 11.8. The summed E-state index contributed by atoms with van der Waals surface area (Å²) in [6, 6.07) is 20.6. The number of anilines is 1. The Labute approximate surface area is 157 Å². The Balaban J connectivity index is 1.79. The van der Waals surface area contributed by atoms with E-state index in [0.717, 1.165) is 47.5 Å². The second-order valence-corrected chi connectivity index (χ2v) is 6.47. The molecule has 0 radical (unpaired) electrons. The molecular weight excluding hydrogens is 338 g/mol. The van der Waals surface area contributed by atoms with E-state index < -0.39 is 0 Å². The fourth-order valence-corrected chi connectivity index (χ4v) is 3.66. The van der Waals surface area contributed by atoms with Crippen LogP contribution < -0.4 is 5.48 Å². The number of pyridine rings is 1. The maximum absolute atomic E-state index is 11.8. The summed E-state index contributed by atoms with van der Waals surface area (Å²) in [6.07, 6.45) is 2.78. The second-order valence-electron chi connectivity index (χ2n) is 6.47. The summed E-state index contributed by atoms with van der Waals surface area (Å²) in [6.45, 7) is 0.818. The lowest BCUT2D eigenvalue weighted by molar-refractivity contribution is 0.112. The number of carbonyl (C=O) groups excluding carboxylic acids is 1. The molecule has 1 N–H and O–H groups in total. The molecule has 0 aliphatic rings. The minimum atomic E-state index is 0.419. The lowest BCUT2D eigenvalue weighted by Gasteiger charge is -2.10. The number of hydrogen-bond acceptors (Lipinski definition) is 4. The smallest absolute Gasteiger partial charge is 0.170 e. The lowest BCUT2D eigenvalue weighted by Crippen LogP contribution is -2.05. The van der Waals surface area contributed by atoms with Gasteiger partial charge in [-0.25, -0.2) is 10.5 Å². The number of para-hydroxylation sites is 1. The SMILES string of the molecule is CONc1cc2c3ccccc3n(CCCc3ccccc3)c2c(C=O)n1. The fourth-order valence-electron chi connectivity index (χ4n) is 3.66. The van der Waals surface area contributed by atoms with E-state index in [1.54, 1.807) is 0 Å². The zero-order valence-electron chi connectivity index (χ0n) is 15.2. The van der Waals surface area contributed by atoms with Crippen LogP contribution in [0, 0.1) is 0 Å². The Morgan fingerprint density at radius 3 is 2.63 bits per heavy atom. The number of aryl methyl sites for hydroxylation is 2. The number of benzene rings is 2. The van der Waals surface area contributed by atoms with Crippen LogP contribution in [0.3, 0.4) is 0 Å². The average molecular weight is 359 g/mol. The summed E-state index contributed by atoms with van der Waals surface area (Å²) in [5, 5.41) is 2.11. The van der Waals surface area contributed by atoms with Crippen molar-refractivity contribution in [3.63, 3.8) is 0 Å². The summed E-state index contributed by atoms with van der Waals surface area (Å²) in [7, 11) is 1.53. The van der Waals surface area contributed by atoms with Gasteiger partial charge in [-0.05, 0) is 30.5 Å². The molecule has 2 aromatic heterocycles. The zero-order valence-corrected chi connectivity index (χ0v) is 15.2. The molecule has 0 fully saturated rings. The average Bonchev–Trinajstić information content (AvgIpc) is 3.03. The van der Waals surface area contributed by atoms with Gasteiger partial charge in [0.15, 0.2) is 12.1 Å². The molecule has 0 spiro atoms. The van der Waals surface area contributed by atoms with Crippen LogP contribution in [0.25, 0.3) is 21.8 Å². The van der Waals surface area contributed by atoms with Crippen molar-refractivity contribution in [1.82, 2.24) is 9.55 Å². The maximum Gasteiger partial charge on any atom is 0.170 e. The third-order valence-electron chi connectivity index (χ3n) is 4.78. The van der Waals surface area contributed by atoms with E-state index in [0.29, 0.717) is 11.5 Å². The summed E-state index contributed by atoms with van der Waals surface area (Å²) < 4.78 is 2.21. The van der Waals surface area contributed by atoms with Crippen molar-refractivity contribution in [2.24, 2.45) is 0 Å². The van der Waals surface area contributed by atoms with Crippen LogP contribution in [-0.4, -0.2) is 22.9 Å². The van der Waals surface area contributed by atoms with Gasteiger partial charge in [0.25, 0.3) is 0 Å². The van der Waals surface area contributed by atoms with Gasteiger partial charge in [0.1, 0.15) is 5.69 Å². The van der Waals surface area contributed by atoms with Gasteiger partial charge in [0, 0.05) is 22.8 Å². The molecule has 0 unspecified atom stereocenters. The van der Waals surface area contributed by atoms with Gasteiger partial charge in [0.2, 0.25) is 0 Å². The van der Waals surface area contributed by atoms with Gasteiger partial charge in [-0.3, -0.25) is 9.63 Å². The molecule has 0 amide bonds. The van der Waals surface area contributed by atoms with E-state index in [4.69, 9.17) is 4.84 Å². The van der Waals surface area contributed by atoms with Crippen LogP contribution in [0.5, 0.6) is 0 Å². The van der Waals surface area contributed by atoms with E-state index in [2.05, 4.69) is 51.4 Å². The molecule has 5 heteroatoms. The van der Waals surface area contributed by atoms with Gasteiger partial charge in [-0.15, -0.1) is 0 Å². The van der Waals surface area contributed by atoms with Crippen molar-refractivity contribution in [1.29, 1.82) is 0 Å². The van der Waals surface area contributed by atoms with Crippen LogP contribution in [-0.2, 0) is 17.8 Å². The van der Waals surface area contributed by atoms with Crippen LogP contribution in [0.15, 0.2) is 60.7 Å². The number of aldehydes is 1.